The van der Waals surface area contributed by atoms with Crippen molar-refractivity contribution in [1.29, 1.82) is 0 Å². The first-order valence-corrected chi connectivity index (χ1v) is 4.96. The van der Waals surface area contributed by atoms with E-state index in [1.54, 1.807) is 0 Å². The van der Waals surface area contributed by atoms with Crippen LogP contribution in [0.5, 0.6) is 0 Å². The molecule has 1 atom stereocenters. The maximum Gasteiger partial charge on any atom is 0.121 e. The highest BCUT2D eigenvalue weighted by molar-refractivity contribution is 5.85. The Labute approximate surface area is 97.1 Å². The van der Waals surface area contributed by atoms with Crippen LogP contribution in [0.15, 0.2) is 16.5 Å². The molecule has 0 aromatic carbocycles. The second-order valence-corrected chi connectivity index (χ2v) is 4.28. The van der Waals surface area contributed by atoms with Crippen molar-refractivity contribution in [1.82, 2.24) is 0 Å². The summed E-state index contributed by atoms with van der Waals surface area (Å²) in [5.74, 6) is 1.69. The zero-order valence-corrected chi connectivity index (χ0v) is 10.3. The van der Waals surface area contributed by atoms with Gasteiger partial charge in [-0.2, -0.15) is 0 Å². The van der Waals surface area contributed by atoms with Crippen LogP contribution in [0.4, 0.5) is 0 Å². The van der Waals surface area contributed by atoms with Gasteiger partial charge in [-0.05, 0) is 12.1 Å². The lowest BCUT2D eigenvalue weighted by Gasteiger charge is -2.27. The first-order chi connectivity index (χ1) is 6.51. The van der Waals surface area contributed by atoms with E-state index in [9.17, 15) is 0 Å². The predicted molar refractivity (Wildman–Crippen MR) is 63.1 cm³/mol. The molecular weight excluding hydrogens is 214 g/mol. The zero-order valence-electron chi connectivity index (χ0n) is 9.49. The summed E-state index contributed by atoms with van der Waals surface area (Å²) in [7, 11) is 0. The van der Waals surface area contributed by atoms with Gasteiger partial charge in [0.2, 0.25) is 0 Å². The van der Waals surface area contributed by atoms with Gasteiger partial charge >= 0.3 is 0 Å². The molecule has 4 heteroatoms. The first-order valence-electron chi connectivity index (χ1n) is 4.96. The summed E-state index contributed by atoms with van der Waals surface area (Å²) in [5, 5.41) is 9.17. The van der Waals surface area contributed by atoms with E-state index in [1.165, 1.54) is 0 Å². The lowest BCUT2D eigenvalue weighted by Crippen LogP contribution is -2.32. The molecule has 1 rings (SSSR count). The molecule has 0 saturated heterocycles. The molecule has 0 radical (unpaired) electrons. The molecule has 0 aliphatic rings. The second kappa shape index (κ2) is 5.54. The number of aliphatic hydroxyl groups is 1. The van der Waals surface area contributed by atoms with Gasteiger partial charge in [0.15, 0.2) is 0 Å². The van der Waals surface area contributed by atoms with Crippen molar-refractivity contribution in [2.75, 3.05) is 6.61 Å². The molecule has 1 aromatic rings. The highest BCUT2D eigenvalue weighted by atomic mass is 35.5. The molecule has 0 spiro atoms. The summed E-state index contributed by atoms with van der Waals surface area (Å²) in [6, 6.07) is 3.57. The highest BCUT2D eigenvalue weighted by Crippen LogP contribution is 2.31. The molecule has 0 aliphatic carbocycles. The van der Waals surface area contributed by atoms with Gasteiger partial charge in [0.1, 0.15) is 11.5 Å². The van der Waals surface area contributed by atoms with Gasteiger partial charge < -0.3 is 15.3 Å². The minimum atomic E-state index is -0.344. The van der Waals surface area contributed by atoms with Crippen molar-refractivity contribution in [3.8, 4) is 0 Å². The summed E-state index contributed by atoms with van der Waals surface area (Å²) >= 11 is 0. The summed E-state index contributed by atoms with van der Waals surface area (Å²) in [6.07, 6.45) is 0.867. The van der Waals surface area contributed by atoms with Crippen molar-refractivity contribution in [2.24, 2.45) is 11.1 Å². The maximum absolute atomic E-state index is 9.17. The Kier molecular flexibility index (Phi) is 5.35. The van der Waals surface area contributed by atoms with Crippen molar-refractivity contribution in [2.45, 2.75) is 33.2 Å². The summed E-state index contributed by atoms with van der Waals surface area (Å²) in [4.78, 5) is 0. The molecular formula is C11H20ClNO2. The van der Waals surface area contributed by atoms with Crippen LogP contribution in [-0.2, 0) is 6.42 Å². The van der Waals surface area contributed by atoms with E-state index < -0.39 is 0 Å². The van der Waals surface area contributed by atoms with Gasteiger partial charge in [0, 0.05) is 11.8 Å². The molecule has 1 aromatic heterocycles. The van der Waals surface area contributed by atoms with Crippen LogP contribution in [0.2, 0.25) is 0 Å². The van der Waals surface area contributed by atoms with Gasteiger partial charge in [-0.15, -0.1) is 12.4 Å². The fourth-order valence-corrected chi connectivity index (χ4v) is 1.24. The Bertz CT molecular complexity index is 297. The van der Waals surface area contributed by atoms with Crippen LogP contribution in [0.25, 0.3) is 0 Å². The molecule has 3 N–H and O–H groups in total. The molecule has 1 heterocycles. The smallest absolute Gasteiger partial charge is 0.121 e. The SMILES string of the molecule is CCc1ccc([C@@H](N)C(C)(C)CO)o1.Cl. The molecule has 0 fully saturated rings. The third kappa shape index (κ3) is 3.23. The third-order valence-corrected chi connectivity index (χ3v) is 2.59. The van der Waals surface area contributed by atoms with Crippen LogP contribution >= 0.6 is 12.4 Å². The normalized spacial score (nSPS) is 13.4. The van der Waals surface area contributed by atoms with E-state index in [-0.39, 0.29) is 30.5 Å². The van der Waals surface area contributed by atoms with E-state index in [0.717, 1.165) is 17.9 Å². The summed E-state index contributed by atoms with van der Waals surface area (Å²) in [6.45, 7) is 5.93. The quantitative estimate of drug-likeness (QED) is 0.839. The first kappa shape index (κ1) is 14.5. The Morgan fingerprint density at radius 1 is 1.47 bits per heavy atom. The monoisotopic (exact) mass is 233 g/mol. The Morgan fingerprint density at radius 3 is 2.47 bits per heavy atom. The van der Waals surface area contributed by atoms with Crippen molar-refractivity contribution >= 4 is 12.4 Å². The maximum atomic E-state index is 9.17. The number of halogens is 1. The van der Waals surface area contributed by atoms with Gasteiger partial charge in [-0.25, -0.2) is 0 Å². The minimum absolute atomic E-state index is 0. The lowest BCUT2D eigenvalue weighted by molar-refractivity contribution is 0.122. The van der Waals surface area contributed by atoms with Crippen molar-refractivity contribution < 1.29 is 9.52 Å². The van der Waals surface area contributed by atoms with Crippen LogP contribution in [0.1, 0.15) is 38.3 Å². The molecule has 0 unspecified atom stereocenters. The van der Waals surface area contributed by atoms with Gasteiger partial charge in [-0.3, -0.25) is 0 Å². The number of aliphatic hydroxyl groups excluding tert-OH is 1. The topological polar surface area (TPSA) is 59.4 Å². The van der Waals surface area contributed by atoms with Crippen LogP contribution < -0.4 is 5.73 Å². The minimum Gasteiger partial charge on any atom is -0.464 e. The third-order valence-electron chi connectivity index (χ3n) is 2.59. The zero-order chi connectivity index (χ0) is 10.8. The largest absolute Gasteiger partial charge is 0.464 e. The average Bonchev–Trinajstić information content (AvgIpc) is 2.64. The fraction of sp³-hybridized carbons (Fsp3) is 0.636. The van der Waals surface area contributed by atoms with Crippen LogP contribution in [0, 0.1) is 5.41 Å². The van der Waals surface area contributed by atoms with Crippen LogP contribution in [0.3, 0.4) is 0 Å². The molecule has 0 bridgehead atoms. The predicted octanol–water partition coefficient (Wildman–Crippen LogP) is 2.28. The van der Waals surface area contributed by atoms with E-state index >= 15 is 0 Å². The van der Waals surface area contributed by atoms with Gasteiger partial charge in [0.05, 0.1) is 12.6 Å². The Balaban J connectivity index is 0.00000196. The Hall–Kier alpha value is -0.510. The number of furan rings is 1. The number of aryl methyl sites for hydroxylation is 1. The van der Waals surface area contributed by atoms with Gasteiger partial charge in [-0.1, -0.05) is 20.8 Å². The Morgan fingerprint density at radius 2 is 2.07 bits per heavy atom. The van der Waals surface area contributed by atoms with E-state index in [4.69, 9.17) is 15.3 Å². The molecule has 88 valence electrons. The molecule has 0 saturated carbocycles. The number of nitrogens with two attached hydrogens (primary N) is 1. The van der Waals surface area contributed by atoms with Crippen molar-refractivity contribution in [3.63, 3.8) is 0 Å². The number of hydrogen-bond acceptors (Lipinski definition) is 3. The van der Waals surface area contributed by atoms with E-state index in [2.05, 4.69) is 0 Å². The fourth-order valence-electron chi connectivity index (χ4n) is 1.24. The molecule has 15 heavy (non-hydrogen) atoms. The lowest BCUT2D eigenvalue weighted by atomic mass is 9.84. The van der Waals surface area contributed by atoms with E-state index in [0.29, 0.717) is 0 Å². The highest BCUT2D eigenvalue weighted by Gasteiger charge is 2.29. The standard InChI is InChI=1S/C11H19NO2.ClH/c1-4-8-5-6-9(14-8)10(12)11(2,3)7-13;/h5-6,10,13H,4,7,12H2,1-3H3;1H/t10-;/m1./s1. The molecule has 0 amide bonds. The number of rotatable bonds is 4. The van der Waals surface area contributed by atoms with Crippen LogP contribution in [-0.4, -0.2) is 11.7 Å². The molecule has 0 aliphatic heterocycles. The van der Waals surface area contributed by atoms with Gasteiger partial charge in [0.25, 0.3) is 0 Å². The van der Waals surface area contributed by atoms with Crippen molar-refractivity contribution in [3.05, 3.63) is 23.7 Å². The number of hydrogen-bond donors (Lipinski definition) is 2. The second-order valence-electron chi connectivity index (χ2n) is 4.28. The summed E-state index contributed by atoms with van der Waals surface area (Å²) in [5.41, 5.74) is 5.65. The summed E-state index contributed by atoms with van der Waals surface area (Å²) < 4.78 is 5.55. The van der Waals surface area contributed by atoms with E-state index in [1.807, 2.05) is 32.9 Å². The molecule has 3 nitrogen and oxygen atoms in total. The average molecular weight is 234 g/mol.